The van der Waals surface area contributed by atoms with Crippen LogP contribution in [0.15, 0.2) is 34.8 Å². The molecule has 82 valence electrons. The number of aromatic amines is 1. The Morgan fingerprint density at radius 1 is 1.31 bits per heavy atom. The first-order valence-corrected chi connectivity index (χ1v) is 5.83. The van der Waals surface area contributed by atoms with Gasteiger partial charge in [-0.15, -0.1) is 0 Å². The van der Waals surface area contributed by atoms with Gasteiger partial charge in [-0.1, -0.05) is 28.1 Å². The number of halogens is 1. The van der Waals surface area contributed by atoms with Gasteiger partial charge in [0.05, 0.1) is 5.69 Å². The molecule has 0 aliphatic carbocycles. The summed E-state index contributed by atoms with van der Waals surface area (Å²) in [4.78, 5) is 14.5. The van der Waals surface area contributed by atoms with Crippen LogP contribution >= 0.6 is 15.9 Å². The van der Waals surface area contributed by atoms with Crippen molar-refractivity contribution in [3.05, 3.63) is 46.1 Å². The second-order valence-electron chi connectivity index (χ2n) is 3.81. The molecule has 1 N–H and O–H groups in total. The molecule has 2 rings (SSSR count). The van der Waals surface area contributed by atoms with Gasteiger partial charge in [0.2, 0.25) is 0 Å². The van der Waals surface area contributed by atoms with Gasteiger partial charge in [0.15, 0.2) is 5.78 Å². The van der Waals surface area contributed by atoms with E-state index in [2.05, 4.69) is 20.9 Å². The number of aromatic nitrogens is 1. The van der Waals surface area contributed by atoms with E-state index in [1.165, 1.54) is 0 Å². The first-order valence-electron chi connectivity index (χ1n) is 5.04. The van der Waals surface area contributed by atoms with E-state index in [0.29, 0.717) is 5.69 Å². The number of nitrogens with one attached hydrogen (secondary N) is 1. The Morgan fingerprint density at radius 3 is 2.62 bits per heavy atom. The summed E-state index contributed by atoms with van der Waals surface area (Å²) in [5.41, 5.74) is 3.73. The van der Waals surface area contributed by atoms with Crippen molar-refractivity contribution in [2.45, 2.75) is 13.8 Å². The number of Topliss-reactive ketones (excluding diaryl/α,β-unsaturated/α-hetero) is 1. The Balaban J connectivity index is 2.49. The van der Waals surface area contributed by atoms with Crippen LogP contribution in [0.5, 0.6) is 0 Å². The maximum atomic E-state index is 11.3. The normalized spacial score (nSPS) is 10.4. The topological polar surface area (TPSA) is 32.9 Å². The van der Waals surface area contributed by atoms with Crippen molar-refractivity contribution < 1.29 is 4.79 Å². The van der Waals surface area contributed by atoms with Crippen molar-refractivity contribution in [2.24, 2.45) is 0 Å². The highest BCUT2D eigenvalue weighted by Crippen LogP contribution is 2.24. The van der Waals surface area contributed by atoms with E-state index in [4.69, 9.17) is 0 Å². The molecule has 2 aromatic rings. The van der Waals surface area contributed by atoms with Gasteiger partial charge in [0, 0.05) is 17.1 Å². The highest BCUT2D eigenvalue weighted by molar-refractivity contribution is 9.10. The SMILES string of the molecule is CC(=O)c1[nH]c(-c2cccc(Br)c2)cc1C. The van der Waals surface area contributed by atoms with Gasteiger partial charge in [-0.25, -0.2) is 0 Å². The lowest BCUT2D eigenvalue weighted by atomic mass is 10.1. The maximum Gasteiger partial charge on any atom is 0.176 e. The zero-order valence-corrected chi connectivity index (χ0v) is 10.8. The molecule has 1 heterocycles. The molecule has 2 nitrogen and oxygen atoms in total. The molecule has 0 amide bonds. The number of hydrogen-bond acceptors (Lipinski definition) is 1. The van der Waals surface area contributed by atoms with E-state index in [0.717, 1.165) is 21.3 Å². The molecule has 3 heteroatoms. The number of hydrogen-bond donors (Lipinski definition) is 1. The summed E-state index contributed by atoms with van der Waals surface area (Å²) in [6, 6.07) is 9.99. The van der Waals surface area contributed by atoms with Crippen molar-refractivity contribution in [2.75, 3.05) is 0 Å². The highest BCUT2D eigenvalue weighted by atomic mass is 79.9. The Morgan fingerprint density at radius 2 is 2.06 bits per heavy atom. The van der Waals surface area contributed by atoms with E-state index in [1.54, 1.807) is 6.92 Å². The van der Waals surface area contributed by atoms with Crippen LogP contribution in [0, 0.1) is 6.92 Å². The van der Waals surface area contributed by atoms with Crippen molar-refractivity contribution in [1.29, 1.82) is 0 Å². The number of rotatable bonds is 2. The second-order valence-corrected chi connectivity index (χ2v) is 4.72. The number of carbonyl (C=O) groups is 1. The minimum Gasteiger partial charge on any atom is -0.352 e. The zero-order chi connectivity index (χ0) is 11.7. The Bertz CT molecular complexity index is 543. The van der Waals surface area contributed by atoms with E-state index in [1.807, 2.05) is 37.3 Å². The van der Waals surface area contributed by atoms with E-state index >= 15 is 0 Å². The zero-order valence-electron chi connectivity index (χ0n) is 9.17. The van der Waals surface area contributed by atoms with Gasteiger partial charge in [-0.2, -0.15) is 0 Å². The van der Waals surface area contributed by atoms with Crippen LogP contribution in [-0.4, -0.2) is 10.8 Å². The average Bonchev–Trinajstić information content (AvgIpc) is 2.60. The number of ketones is 1. The smallest absolute Gasteiger partial charge is 0.176 e. The molecular weight excluding hydrogens is 266 g/mol. The standard InChI is InChI=1S/C13H12BrNO/c1-8-6-12(15-13(8)9(2)16)10-4-3-5-11(14)7-10/h3-7,15H,1-2H3. The molecule has 1 aromatic heterocycles. The first kappa shape index (κ1) is 11.1. The summed E-state index contributed by atoms with van der Waals surface area (Å²) >= 11 is 3.43. The molecule has 0 atom stereocenters. The fraction of sp³-hybridized carbons (Fsp3) is 0.154. The first-order chi connectivity index (χ1) is 7.58. The lowest BCUT2D eigenvalue weighted by Gasteiger charge is -1.98. The van der Waals surface area contributed by atoms with Gasteiger partial charge in [0.1, 0.15) is 0 Å². The molecule has 0 fully saturated rings. The quantitative estimate of drug-likeness (QED) is 0.829. The summed E-state index contributed by atoms with van der Waals surface area (Å²) in [5.74, 6) is 0.0683. The van der Waals surface area contributed by atoms with Gasteiger partial charge in [-0.3, -0.25) is 4.79 Å². The van der Waals surface area contributed by atoms with Gasteiger partial charge < -0.3 is 4.98 Å². The molecule has 0 spiro atoms. The molecule has 0 aliphatic heterocycles. The average molecular weight is 278 g/mol. The van der Waals surface area contributed by atoms with Crippen LogP contribution in [0.4, 0.5) is 0 Å². The molecule has 0 radical (unpaired) electrons. The van der Waals surface area contributed by atoms with Crippen LogP contribution in [0.25, 0.3) is 11.3 Å². The molecule has 0 saturated heterocycles. The number of H-pyrrole nitrogens is 1. The van der Waals surface area contributed by atoms with E-state index < -0.39 is 0 Å². The Kier molecular flexibility index (Phi) is 2.97. The fourth-order valence-corrected chi connectivity index (χ4v) is 2.13. The summed E-state index contributed by atoms with van der Waals surface area (Å²) in [5, 5.41) is 0. The van der Waals surface area contributed by atoms with Crippen LogP contribution in [0.3, 0.4) is 0 Å². The summed E-state index contributed by atoms with van der Waals surface area (Å²) in [6.07, 6.45) is 0. The summed E-state index contributed by atoms with van der Waals surface area (Å²) in [7, 11) is 0. The molecule has 0 unspecified atom stereocenters. The summed E-state index contributed by atoms with van der Waals surface area (Å²) < 4.78 is 1.03. The predicted molar refractivity (Wildman–Crippen MR) is 68.7 cm³/mol. The number of carbonyl (C=O) groups excluding carboxylic acids is 1. The number of aryl methyl sites for hydroxylation is 1. The Labute approximate surface area is 103 Å². The maximum absolute atomic E-state index is 11.3. The van der Waals surface area contributed by atoms with Crippen LogP contribution in [0.2, 0.25) is 0 Å². The van der Waals surface area contributed by atoms with Gasteiger partial charge >= 0.3 is 0 Å². The molecule has 0 aliphatic rings. The minimum absolute atomic E-state index is 0.0683. The minimum atomic E-state index is 0.0683. The molecule has 0 saturated carbocycles. The van der Waals surface area contributed by atoms with E-state index in [-0.39, 0.29) is 5.78 Å². The molecule has 0 bridgehead atoms. The monoisotopic (exact) mass is 277 g/mol. The highest BCUT2D eigenvalue weighted by Gasteiger charge is 2.09. The predicted octanol–water partition coefficient (Wildman–Crippen LogP) is 3.96. The van der Waals surface area contributed by atoms with Gasteiger partial charge in [-0.05, 0) is 36.2 Å². The second kappa shape index (κ2) is 4.26. The van der Waals surface area contributed by atoms with Crippen molar-refractivity contribution in [3.63, 3.8) is 0 Å². The van der Waals surface area contributed by atoms with Crippen molar-refractivity contribution in [1.82, 2.24) is 4.98 Å². The molecule has 16 heavy (non-hydrogen) atoms. The third kappa shape index (κ3) is 2.09. The fourth-order valence-electron chi connectivity index (χ4n) is 1.74. The van der Waals surface area contributed by atoms with Crippen molar-refractivity contribution >= 4 is 21.7 Å². The Hall–Kier alpha value is -1.35. The van der Waals surface area contributed by atoms with Crippen LogP contribution < -0.4 is 0 Å². The van der Waals surface area contributed by atoms with Crippen molar-refractivity contribution in [3.8, 4) is 11.3 Å². The largest absolute Gasteiger partial charge is 0.352 e. The molecular formula is C13H12BrNO. The summed E-state index contributed by atoms with van der Waals surface area (Å²) in [6.45, 7) is 3.51. The van der Waals surface area contributed by atoms with E-state index in [9.17, 15) is 4.79 Å². The lowest BCUT2D eigenvalue weighted by Crippen LogP contribution is -1.94. The third-order valence-electron chi connectivity index (χ3n) is 2.50. The van der Waals surface area contributed by atoms with Gasteiger partial charge in [0.25, 0.3) is 0 Å². The molecule has 1 aromatic carbocycles. The number of benzene rings is 1. The van der Waals surface area contributed by atoms with Crippen LogP contribution in [0.1, 0.15) is 23.0 Å². The third-order valence-corrected chi connectivity index (χ3v) is 3.00. The van der Waals surface area contributed by atoms with Crippen LogP contribution in [-0.2, 0) is 0 Å². The lowest BCUT2D eigenvalue weighted by molar-refractivity contribution is 0.101.